The fourth-order valence-corrected chi connectivity index (χ4v) is 1.36. The van der Waals surface area contributed by atoms with Crippen molar-refractivity contribution in [3.05, 3.63) is 0 Å². The molecule has 1 aliphatic rings. The minimum absolute atomic E-state index is 0.0931. The first-order valence-electron chi connectivity index (χ1n) is 4.43. The molecule has 9 heteroatoms. The van der Waals surface area contributed by atoms with E-state index in [9.17, 15) is 9.59 Å². The number of likely N-dealkylation sites (tertiary alicyclic amines) is 1. The molecule has 5 nitrogen and oxygen atoms in total. The lowest BCUT2D eigenvalue weighted by Gasteiger charge is -2.14. The molecule has 102 valence electrons. The lowest BCUT2D eigenvalue weighted by molar-refractivity contribution is -0.141. The van der Waals surface area contributed by atoms with Gasteiger partial charge in [-0.05, 0) is 0 Å². The van der Waals surface area contributed by atoms with Gasteiger partial charge in [-0.25, -0.2) is 0 Å². The van der Waals surface area contributed by atoms with Crippen molar-refractivity contribution in [1.29, 1.82) is 0 Å². The van der Waals surface area contributed by atoms with Crippen LogP contribution in [-0.2, 0) is 14.3 Å². The molecule has 0 aromatic carbocycles. The van der Waals surface area contributed by atoms with E-state index >= 15 is 0 Å². The van der Waals surface area contributed by atoms with Crippen molar-refractivity contribution in [2.24, 2.45) is 5.92 Å². The lowest BCUT2D eigenvalue weighted by Crippen LogP contribution is -2.29. The summed E-state index contributed by atoms with van der Waals surface area (Å²) in [6, 6.07) is 0. The van der Waals surface area contributed by atoms with Crippen LogP contribution in [0.3, 0.4) is 0 Å². The van der Waals surface area contributed by atoms with E-state index in [4.69, 9.17) is 9.84 Å². The number of amides is 1. The van der Waals surface area contributed by atoms with E-state index in [2.05, 4.69) is 74.5 Å². The summed E-state index contributed by atoms with van der Waals surface area (Å²) >= 11 is 8.48. The van der Waals surface area contributed by atoms with E-state index in [0.29, 0.717) is 19.7 Å². The number of halogens is 4. The molecular formula is C8H13I4NO4. The van der Waals surface area contributed by atoms with Gasteiger partial charge in [0.25, 0.3) is 0 Å². The molecule has 0 spiro atoms. The third-order valence-corrected chi connectivity index (χ3v) is 2.13. The summed E-state index contributed by atoms with van der Waals surface area (Å²) < 4.78 is 4.81. The normalized spacial score (nSPS) is 17.8. The molecule has 1 unspecified atom stereocenters. The van der Waals surface area contributed by atoms with Crippen molar-refractivity contribution in [1.82, 2.24) is 4.90 Å². The van der Waals surface area contributed by atoms with Crippen LogP contribution in [0.4, 0.5) is 0 Å². The average Bonchev–Trinajstić information content (AvgIpc) is 2.73. The molecule has 17 heavy (non-hydrogen) atoms. The van der Waals surface area contributed by atoms with Crippen molar-refractivity contribution in [2.45, 2.75) is 6.42 Å². The van der Waals surface area contributed by atoms with Crippen LogP contribution < -0.4 is 0 Å². The quantitative estimate of drug-likeness (QED) is 0.460. The first-order chi connectivity index (χ1) is 8.15. The smallest absolute Gasteiger partial charge is 0.308 e. The maximum atomic E-state index is 11.2. The van der Waals surface area contributed by atoms with Crippen LogP contribution in [0.5, 0.6) is 0 Å². The molecule has 1 aliphatic heterocycles. The van der Waals surface area contributed by atoms with Crippen LogP contribution in [0.2, 0.25) is 0 Å². The Labute approximate surface area is 147 Å². The zero-order valence-electron chi connectivity index (χ0n) is 9.04. The SMILES string of the molecule is COCCN1CC(C(=O)O)CC1=O.II.II. The second-order valence-electron chi connectivity index (χ2n) is 3.07. The topological polar surface area (TPSA) is 66.8 Å². The summed E-state index contributed by atoms with van der Waals surface area (Å²) in [5.74, 6) is -1.53. The van der Waals surface area contributed by atoms with E-state index in [0.717, 1.165) is 0 Å². The number of hydrogen-bond donors (Lipinski definition) is 1. The average molecular weight is 695 g/mol. The molecule has 1 heterocycles. The molecule has 1 atom stereocenters. The molecule has 0 saturated carbocycles. The molecule has 1 saturated heterocycles. The van der Waals surface area contributed by atoms with Gasteiger partial charge in [-0.2, -0.15) is 0 Å². The predicted octanol–water partition coefficient (Wildman–Crippen LogP) is 3.11. The second-order valence-corrected chi connectivity index (χ2v) is 3.07. The molecule has 0 bridgehead atoms. The van der Waals surface area contributed by atoms with Gasteiger partial charge in [0, 0.05) is 101 Å². The maximum absolute atomic E-state index is 11.2. The Bertz CT molecular complexity index is 230. The number of carboxylic acid groups (broad SMARTS) is 1. The van der Waals surface area contributed by atoms with Gasteiger partial charge in [-0.1, -0.05) is 0 Å². The fraction of sp³-hybridized carbons (Fsp3) is 0.750. The van der Waals surface area contributed by atoms with Crippen LogP contribution in [0.1, 0.15) is 6.42 Å². The largest absolute Gasteiger partial charge is 0.481 e. The van der Waals surface area contributed by atoms with Crippen molar-refractivity contribution in [2.75, 3.05) is 26.8 Å². The van der Waals surface area contributed by atoms with Gasteiger partial charge in [0.1, 0.15) is 0 Å². The highest BCUT2D eigenvalue weighted by Crippen LogP contribution is 2.17. The van der Waals surface area contributed by atoms with Crippen molar-refractivity contribution >= 4 is 86.3 Å². The highest BCUT2D eigenvalue weighted by molar-refractivity contribution is 15.0. The number of carboxylic acids is 1. The molecule has 0 aromatic rings. The van der Waals surface area contributed by atoms with E-state index in [-0.39, 0.29) is 12.3 Å². The van der Waals surface area contributed by atoms with Crippen LogP contribution in [0.25, 0.3) is 0 Å². The van der Waals surface area contributed by atoms with Gasteiger partial charge in [0.05, 0.1) is 12.5 Å². The Morgan fingerprint density at radius 3 is 2.35 bits per heavy atom. The number of rotatable bonds is 4. The van der Waals surface area contributed by atoms with Crippen LogP contribution >= 0.6 is 74.5 Å². The summed E-state index contributed by atoms with van der Waals surface area (Å²) in [7, 11) is 1.55. The van der Waals surface area contributed by atoms with Gasteiger partial charge in [0.15, 0.2) is 0 Å². The number of nitrogens with zero attached hydrogens (tertiary/aromatic N) is 1. The molecule has 1 rings (SSSR count). The van der Waals surface area contributed by atoms with E-state index in [1.807, 2.05) is 0 Å². The van der Waals surface area contributed by atoms with E-state index in [1.54, 1.807) is 7.11 Å². The first kappa shape index (κ1) is 21.1. The molecule has 0 aromatic heterocycles. The second kappa shape index (κ2) is 14.2. The van der Waals surface area contributed by atoms with E-state index < -0.39 is 11.9 Å². The predicted molar refractivity (Wildman–Crippen MR) is 100 cm³/mol. The summed E-state index contributed by atoms with van der Waals surface area (Å²) in [5.41, 5.74) is 0. The standard InChI is InChI=1S/C8H13NO4.2I2/c1-13-3-2-9-5-6(8(11)12)4-7(9)10;2*1-2/h6H,2-5H2,1H3,(H,11,12);;. The summed E-state index contributed by atoms with van der Waals surface area (Å²) in [4.78, 5) is 23.3. The van der Waals surface area contributed by atoms with Gasteiger partial charge >= 0.3 is 5.97 Å². The van der Waals surface area contributed by atoms with Crippen molar-refractivity contribution < 1.29 is 19.4 Å². The van der Waals surface area contributed by atoms with Crippen LogP contribution in [0.15, 0.2) is 0 Å². The van der Waals surface area contributed by atoms with Crippen LogP contribution in [0, 0.1) is 5.92 Å². The van der Waals surface area contributed by atoms with Crippen LogP contribution in [-0.4, -0.2) is 48.7 Å². The molecule has 1 amide bonds. The van der Waals surface area contributed by atoms with Crippen molar-refractivity contribution in [3.8, 4) is 0 Å². The summed E-state index contributed by atoms with van der Waals surface area (Å²) in [5, 5.41) is 8.66. The minimum Gasteiger partial charge on any atom is -0.481 e. The Kier molecular flexibility index (Phi) is 17.7. The number of carbonyl (C=O) groups is 2. The number of ether oxygens (including phenoxy) is 1. The lowest BCUT2D eigenvalue weighted by atomic mass is 10.1. The summed E-state index contributed by atoms with van der Waals surface area (Å²) in [6.45, 7) is 1.26. The third-order valence-electron chi connectivity index (χ3n) is 2.13. The Morgan fingerprint density at radius 2 is 2.00 bits per heavy atom. The highest BCUT2D eigenvalue weighted by Gasteiger charge is 2.33. The van der Waals surface area contributed by atoms with Gasteiger partial charge < -0.3 is 14.7 Å². The highest BCUT2D eigenvalue weighted by atomic mass is 128. The van der Waals surface area contributed by atoms with Gasteiger partial charge in [-0.15, -0.1) is 0 Å². The van der Waals surface area contributed by atoms with E-state index in [1.165, 1.54) is 4.90 Å². The zero-order chi connectivity index (χ0) is 13.8. The number of carbonyl (C=O) groups excluding carboxylic acids is 1. The number of methoxy groups -OCH3 is 1. The fourth-order valence-electron chi connectivity index (χ4n) is 1.36. The molecule has 1 N–H and O–H groups in total. The summed E-state index contributed by atoms with van der Waals surface area (Å²) in [6.07, 6.45) is 0.124. The molecule has 0 aliphatic carbocycles. The minimum atomic E-state index is -0.895. The third kappa shape index (κ3) is 9.37. The zero-order valence-corrected chi connectivity index (χ0v) is 17.7. The number of hydrogen-bond acceptors (Lipinski definition) is 3. The Hall–Kier alpha value is 1.82. The molecular weight excluding hydrogens is 682 g/mol. The Balaban J connectivity index is 0. The van der Waals surface area contributed by atoms with Gasteiger partial charge in [-0.3, -0.25) is 9.59 Å². The van der Waals surface area contributed by atoms with Gasteiger partial charge in [0.2, 0.25) is 5.91 Å². The molecule has 0 radical (unpaired) electrons. The number of aliphatic carboxylic acids is 1. The monoisotopic (exact) mass is 695 g/mol. The Morgan fingerprint density at radius 1 is 1.47 bits per heavy atom. The molecule has 1 fully saturated rings. The van der Waals surface area contributed by atoms with Crippen molar-refractivity contribution in [3.63, 3.8) is 0 Å². The maximum Gasteiger partial charge on any atom is 0.308 e. The first-order valence-corrected chi connectivity index (χ1v) is 17.0.